The van der Waals surface area contributed by atoms with Gasteiger partial charge in [0.1, 0.15) is 24.1 Å². The van der Waals surface area contributed by atoms with E-state index in [0.717, 1.165) is 6.07 Å². The van der Waals surface area contributed by atoms with Crippen LogP contribution in [0.15, 0.2) is 60.9 Å². The van der Waals surface area contributed by atoms with Gasteiger partial charge in [0, 0.05) is 16.7 Å². The molecular weight excluding hydrogens is 426 g/mol. The Kier molecular flexibility index (Phi) is 6.51. The number of nitrogens with one attached hydrogen (secondary N) is 1. The number of ether oxygens (including phenoxy) is 1. The van der Waals surface area contributed by atoms with Crippen LogP contribution in [0.1, 0.15) is 11.7 Å². The Bertz CT molecular complexity index is 1010. The van der Waals surface area contributed by atoms with Crippen LogP contribution in [0, 0.1) is 5.82 Å². The zero-order valence-electron chi connectivity index (χ0n) is 15.2. The lowest BCUT2D eigenvalue weighted by atomic mass is 10.1. The zero-order valence-corrected chi connectivity index (χ0v) is 15.9. The van der Waals surface area contributed by atoms with E-state index in [1.807, 2.05) is 0 Å². The van der Waals surface area contributed by atoms with Crippen molar-refractivity contribution < 1.29 is 27.1 Å². The van der Waals surface area contributed by atoms with Crippen molar-refractivity contribution in [2.75, 3.05) is 11.9 Å². The first-order valence-electron chi connectivity index (χ1n) is 8.57. The van der Waals surface area contributed by atoms with Crippen LogP contribution in [0.25, 0.3) is 11.3 Å². The van der Waals surface area contributed by atoms with Crippen molar-refractivity contribution in [2.45, 2.75) is 12.3 Å². The lowest BCUT2D eigenvalue weighted by molar-refractivity contribution is -0.204. The molecule has 1 heterocycles. The number of carbonyl (C=O) groups is 1. The quantitative estimate of drug-likeness (QED) is 0.423. The van der Waals surface area contributed by atoms with E-state index in [1.165, 1.54) is 36.7 Å². The van der Waals surface area contributed by atoms with E-state index in [1.54, 1.807) is 18.2 Å². The summed E-state index contributed by atoms with van der Waals surface area (Å²) in [6, 6.07) is 13.3. The molecule has 0 saturated heterocycles. The fourth-order valence-electron chi connectivity index (χ4n) is 2.60. The molecule has 0 aliphatic rings. The first-order valence-corrected chi connectivity index (χ1v) is 8.95. The number of hydrogen-bond acceptors (Lipinski definition) is 5. The monoisotopic (exact) mass is 439 g/mol. The van der Waals surface area contributed by atoms with Crippen LogP contribution >= 0.6 is 11.6 Å². The molecule has 0 fully saturated rings. The van der Waals surface area contributed by atoms with Crippen LogP contribution in [-0.4, -0.2) is 28.7 Å². The van der Waals surface area contributed by atoms with Crippen molar-refractivity contribution in [3.8, 4) is 11.3 Å². The summed E-state index contributed by atoms with van der Waals surface area (Å²) in [6.45, 7) is -0.188. The van der Waals surface area contributed by atoms with Gasteiger partial charge in [0.05, 0.1) is 12.2 Å². The van der Waals surface area contributed by atoms with Crippen molar-refractivity contribution in [1.82, 2.24) is 9.97 Å². The molecule has 0 bridgehead atoms. The van der Waals surface area contributed by atoms with Crippen LogP contribution in [0.4, 0.5) is 23.4 Å². The van der Waals surface area contributed by atoms with E-state index in [9.17, 15) is 22.4 Å². The number of benzene rings is 2. The molecule has 0 saturated carbocycles. The van der Waals surface area contributed by atoms with Gasteiger partial charge in [0.25, 0.3) is 0 Å². The minimum absolute atomic E-state index is 0.182. The number of alkyl halides is 3. The summed E-state index contributed by atoms with van der Waals surface area (Å²) in [5.41, 5.74) is 1.11. The maximum Gasteiger partial charge on any atom is 0.490 e. The van der Waals surface area contributed by atoms with Gasteiger partial charge in [-0.2, -0.15) is 13.2 Å². The van der Waals surface area contributed by atoms with Crippen LogP contribution in [0.5, 0.6) is 0 Å². The molecule has 0 radical (unpaired) electrons. The van der Waals surface area contributed by atoms with Gasteiger partial charge in [-0.05, 0) is 23.8 Å². The number of esters is 1. The predicted octanol–water partition coefficient (Wildman–Crippen LogP) is 5.19. The van der Waals surface area contributed by atoms with Gasteiger partial charge in [-0.3, -0.25) is 0 Å². The van der Waals surface area contributed by atoms with E-state index >= 15 is 0 Å². The highest BCUT2D eigenvalue weighted by molar-refractivity contribution is 6.30. The van der Waals surface area contributed by atoms with Crippen LogP contribution in [0.2, 0.25) is 5.02 Å². The molecule has 0 aliphatic carbocycles. The maximum absolute atomic E-state index is 13.6. The average molecular weight is 440 g/mol. The highest BCUT2D eigenvalue weighted by Gasteiger charge is 2.42. The number of hydrogen-bond donors (Lipinski definition) is 1. The molecule has 3 aromatic rings. The number of aromatic nitrogens is 2. The first kappa shape index (κ1) is 21.5. The SMILES string of the molecule is O=C(O[C@@H](CNc1cc(-c2cc(F)cc(Cl)c2)ncn1)c1ccccc1)C(F)(F)F. The molecule has 0 amide bonds. The summed E-state index contributed by atoms with van der Waals surface area (Å²) in [5, 5.41) is 3.00. The number of rotatable bonds is 6. The third-order valence-corrected chi connectivity index (χ3v) is 4.16. The fourth-order valence-corrected chi connectivity index (χ4v) is 2.82. The van der Waals surface area contributed by atoms with E-state index < -0.39 is 24.1 Å². The zero-order chi connectivity index (χ0) is 21.7. The normalized spacial score (nSPS) is 12.3. The number of carbonyl (C=O) groups excluding carboxylic acids is 1. The molecule has 5 nitrogen and oxygen atoms in total. The molecule has 156 valence electrons. The van der Waals surface area contributed by atoms with Gasteiger partial charge < -0.3 is 10.1 Å². The van der Waals surface area contributed by atoms with Gasteiger partial charge in [-0.1, -0.05) is 41.9 Å². The molecule has 10 heteroatoms. The van der Waals surface area contributed by atoms with Gasteiger partial charge in [0.2, 0.25) is 0 Å². The van der Waals surface area contributed by atoms with Crippen LogP contribution in [-0.2, 0) is 9.53 Å². The van der Waals surface area contributed by atoms with Crippen molar-refractivity contribution in [1.29, 1.82) is 0 Å². The fraction of sp³-hybridized carbons (Fsp3) is 0.150. The third-order valence-electron chi connectivity index (χ3n) is 3.95. The Balaban J connectivity index is 1.79. The van der Waals surface area contributed by atoms with Crippen molar-refractivity contribution in [3.05, 3.63) is 77.3 Å². The van der Waals surface area contributed by atoms with E-state index in [-0.39, 0.29) is 17.4 Å². The van der Waals surface area contributed by atoms with Gasteiger partial charge in [-0.15, -0.1) is 0 Å². The second-order valence-electron chi connectivity index (χ2n) is 6.13. The molecule has 2 aromatic carbocycles. The van der Waals surface area contributed by atoms with Crippen LogP contribution < -0.4 is 5.32 Å². The second-order valence-corrected chi connectivity index (χ2v) is 6.57. The molecule has 1 atom stereocenters. The standard InChI is InChI=1S/C20H14ClF4N3O2/c21-14-6-13(7-15(22)8-14)16-9-18(28-11-27-16)26-10-17(12-4-2-1-3-5-12)30-19(29)20(23,24)25/h1-9,11,17H,10H2,(H,26,27,28)/t17-/m0/s1. The van der Waals surface area contributed by atoms with E-state index in [0.29, 0.717) is 16.8 Å². The summed E-state index contributed by atoms with van der Waals surface area (Å²) >= 11 is 5.86. The molecule has 3 rings (SSSR count). The molecule has 0 unspecified atom stereocenters. The largest absolute Gasteiger partial charge is 0.490 e. The maximum atomic E-state index is 13.6. The summed E-state index contributed by atoms with van der Waals surface area (Å²) in [6.07, 6.45) is -5.14. The van der Waals surface area contributed by atoms with Crippen molar-refractivity contribution >= 4 is 23.4 Å². The first-order chi connectivity index (χ1) is 14.2. The number of nitrogens with zero attached hydrogens (tertiary/aromatic N) is 2. The topological polar surface area (TPSA) is 64.1 Å². The smallest absolute Gasteiger partial charge is 0.449 e. The van der Waals surface area contributed by atoms with Gasteiger partial charge in [0.15, 0.2) is 0 Å². The lowest BCUT2D eigenvalue weighted by Crippen LogP contribution is -2.29. The van der Waals surface area contributed by atoms with Gasteiger partial charge in [-0.25, -0.2) is 19.2 Å². The summed E-state index contributed by atoms with van der Waals surface area (Å²) in [4.78, 5) is 19.4. The minimum atomic E-state index is -5.12. The Morgan fingerprint density at radius 3 is 2.50 bits per heavy atom. The average Bonchev–Trinajstić information content (AvgIpc) is 2.70. The highest BCUT2D eigenvalue weighted by Crippen LogP contribution is 2.26. The van der Waals surface area contributed by atoms with Crippen molar-refractivity contribution in [2.24, 2.45) is 0 Å². The van der Waals surface area contributed by atoms with Crippen molar-refractivity contribution in [3.63, 3.8) is 0 Å². The Labute approximate surface area is 173 Å². The molecule has 0 aliphatic heterocycles. The Morgan fingerprint density at radius 2 is 1.83 bits per heavy atom. The summed E-state index contributed by atoms with van der Waals surface area (Å²) < 4.78 is 56.1. The molecular formula is C20H14ClF4N3O2. The predicted molar refractivity (Wildman–Crippen MR) is 102 cm³/mol. The molecule has 1 N–H and O–H groups in total. The molecule has 0 spiro atoms. The Hall–Kier alpha value is -3.20. The van der Waals surface area contributed by atoms with E-state index in [4.69, 9.17) is 11.6 Å². The number of halogens is 5. The minimum Gasteiger partial charge on any atom is -0.449 e. The van der Waals surface area contributed by atoms with Gasteiger partial charge >= 0.3 is 12.1 Å². The summed E-state index contributed by atoms with van der Waals surface area (Å²) in [7, 11) is 0. The second kappa shape index (κ2) is 9.08. The molecule has 1 aromatic heterocycles. The van der Waals surface area contributed by atoms with E-state index in [2.05, 4.69) is 20.0 Å². The summed E-state index contributed by atoms with van der Waals surface area (Å²) in [5.74, 6) is -2.60. The Morgan fingerprint density at radius 1 is 1.10 bits per heavy atom. The molecule has 30 heavy (non-hydrogen) atoms. The van der Waals surface area contributed by atoms with Crippen LogP contribution in [0.3, 0.4) is 0 Å². The third kappa shape index (κ3) is 5.66. The lowest BCUT2D eigenvalue weighted by Gasteiger charge is -2.20. The highest BCUT2D eigenvalue weighted by atomic mass is 35.5. The number of anilines is 1.